The van der Waals surface area contributed by atoms with Crippen molar-refractivity contribution in [2.75, 3.05) is 13.4 Å². The van der Waals surface area contributed by atoms with E-state index >= 15 is 0 Å². The van der Waals surface area contributed by atoms with Gasteiger partial charge in [0.1, 0.15) is 11.6 Å². The van der Waals surface area contributed by atoms with Crippen molar-refractivity contribution in [1.29, 1.82) is 0 Å². The molecule has 0 bridgehead atoms. The van der Waals surface area contributed by atoms with E-state index in [4.69, 9.17) is 9.47 Å². The van der Waals surface area contributed by atoms with Gasteiger partial charge in [0.25, 0.3) is 0 Å². The molecular weight excluding hydrogens is 183 g/mol. The maximum atomic E-state index is 12.5. The molecular formula is C11H13FO2. The lowest BCUT2D eigenvalue weighted by Crippen LogP contribution is -2.04. The van der Waals surface area contributed by atoms with E-state index in [1.54, 1.807) is 12.1 Å². The van der Waals surface area contributed by atoms with Gasteiger partial charge in [-0.25, -0.2) is 4.39 Å². The van der Waals surface area contributed by atoms with Crippen LogP contribution in [-0.4, -0.2) is 13.4 Å². The zero-order valence-corrected chi connectivity index (χ0v) is 7.91. The SMILES string of the molecule is Fc1ccc(OCOCC2CC2)cc1. The van der Waals surface area contributed by atoms with Crippen molar-refractivity contribution in [2.24, 2.45) is 5.92 Å². The Labute approximate surface area is 82.6 Å². The van der Waals surface area contributed by atoms with Gasteiger partial charge in [0, 0.05) is 0 Å². The normalized spacial score (nSPS) is 15.5. The Kier molecular flexibility index (Phi) is 2.99. The first-order chi connectivity index (χ1) is 6.84. The summed E-state index contributed by atoms with van der Waals surface area (Å²) in [7, 11) is 0. The number of hydrogen-bond donors (Lipinski definition) is 0. The van der Waals surface area contributed by atoms with Crippen LogP contribution in [0.3, 0.4) is 0 Å². The van der Waals surface area contributed by atoms with Gasteiger partial charge in [-0.3, -0.25) is 0 Å². The molecule has 14 heavy (non-hydrogen) atoms. The minimum atomic E-state index is -0.253. The van der Waals surface area contributed by atoms with Crippen molar-refractivity contribution in [3.8, 4) is 5.75 Å². The second kappa shape index (κ2) is 4.42. The summed E-state index contributed by atoms with van der Waals surface area (Å²) < 4.78 is 23.0. The van der Waals surface area contributed by atoms with Crippen LogP contribution >= 0.6 is 0 Å². The van der Waals surface area contributed by atoms with Gasteiger partial charge < -0.3 is 9.47 Å². The van der Waals surface area contributed by atoms with Crippen LogP contribution in [-0.2, 0) is 4.74 Å². The summed E-state index contributed by atoms with van der Waals surface area (Å²) >= 11 is 0. The van der Waals surface area contributed by atoms with Gasteiger partial charge in [-0.1, -0.05) is 0 Å². The second-order valence-electron chi connectivity index (χ2n) is 3.53. The molecule has 0 spiro atoms. The molecule has 2 rings (SSSR count). The van der Waals surface area contributed by atoms with E-state index < -0.39 is 0 Å². The molecule has 0 radical (unpaired) electrons. The summed E-state index contributed by atoms with van der Waals surface area (Å²) in [5.74, 6) is 1.13. The molecule has 0 aliphatic heterocycles. The Hall–Kier alpha value is -1.09. The fourth-order valence-corrected chi connectivity index (χ4v) is 1.14. The standard InChI is InChI=1S/C11H13FO2/c12-10-3-5-11(6-4-10)14-8-13-7-9-1-2-9/h3-6,9H,1-2,7-8H2. The highest BCUT2D eigenvalue weighted by Crippen LogP contribution is 2.28. The molecule has 1 fully saturated rings. The fraction of sp³-hybridized carbons (Fsp3) is 0.455. The quantitative estimate of drug-likeness (QED) is 0.532. The summed E-state index contributed by atoms with van der Waals surface area (Å²) in [5.41, 5.74) is 0. The van der Waals surface area contributed by atoms with Crippen molar-refractivity contribution in [3.05, 3.63) is 30.1 Å². The van der Waals surface area contributed by atoms with Gasteiger partial charge >= 0.3 is 0 Å². The monoisotopic (exact) mass is 196 g/mol. The van der Waals surface area contributed by atoms with Crippen molar-refractivity contribution in [1.82, 2.24) is 0 Å². The molecule has 0 saturated heterocycles. The molecule has 0 N–H and O–H groups in total. The fourth-order valence-electron chi connectivity index (χ4n) is 1.14. The Morgan fingerprint density at radius 2 is 1.93 bits per heavy atom. The highest BCUT2D eigenvalue weighted by molar-refractivity contribution is 5.21. The lowest BCUT2D eigenvalue weighted by atomic mass is 10.3. The molecule has 0 heterocycles. The number of benzene rings is 1. The zero-order chi connectivity index (χ0) is 9.80. The first-order valence-electron chi connectivity index (χ1n) is 4.81. The lowest BCUT2D eigenvalue weighted by Gasteiger charge is -2.06. The molecule has 0 atom stereocenters. The lowest BCUT2D eigenvalue weighted by molar-refractivity contribution is 0.00994. The minimum Gasteiger partial charge on any atom is -0.468 e. The molecule has 0 amide bonds. The summed E-state index contributed by atoms with van der Waals surface area (Å²) in [5, 5.41) is 0. The molecule has 1 aromatic carbocycles. The van der Waals surface area contributed by atoms with E-state index in [0.717, 1.165) is 12.5 Å². The molecule has 76 valence electrons. The third-order valence-electron chi connectivity index (χ3n) is 2.17. The smallest absolute Gasteiger partial charge is 0.189 e. The van der Waals surface area contributed by atoms with E-state index in [0.29, 0.717) is 5.75 Å². The van der Waals surface area contributed by atoms with Crippen LogP contribution in [0.1, 0.15) is 12.8 Å². The van der Waals surface area contributed by atoms with Crippen molar-refractivity contribution in [3.63, 3.8) is 0 Å². The van der Waals surface area contributed by atoms with Crippen molar-refractivity contribution >= 4 is 0 Å². The second-order valence-corrected chi connectivity index (χ2v) is 3.53. The summed E-state index contributed by atoms with van der Waals surface area (Å²) in [6.45, 7) is 1.03. The number of rotatable bonds is 5. The predicted octanol–water partition coefficient (Wildman–Crippen LogP) is 2.59. The van der Waals surface area contributed by atoms with E-state index in [1.165, 1.54) is 25.0 Å². The third kappa shape index (κ3) is 3.00. The maximum Gasteiger partial charge on any atom is 0.189 e. The van der Waals surface area contributed by atoms with Crippen LogP contribution in [0.15, 0.2) is 24.3 Å². The highest BCUT2D eigenvalue weighted by Gasteiger charge is 2.20. The van der Waals surface area contributed by atoms with Crippen LogP contribution in [0.25, 0.3) is 0 Å². The average Bonchev–Trinajstić information content (AvgIpc) is 2.99. The first-order valence-corrected chi connectivity index (χ1v) is 4.81. The van der Waals surface area contributed by atoms with E-state index in [9.17, 15) is 4.39 Å². The van der Waals surface area contributed by atoms with Gasteiger partial charge in [0.15, 0.2) is 6.79 Å². The van der Waals surface area contributed by atoms with E-state index in [2.05, 4.69) is 0 Å². The van der Waals surface area contributed by atoms with Crippen molar-refractivity contribution < 1.29 is 13.9 Å². The summed E-state index contributed by atoms with van der Waals surface area (Å²) in [6.07, 6.45) is 2.55. The number of hydrogen-bond acceptors (Lipinski definition) is 2. The van der Waals surface area contributed by atoms with Crippen LogP contribution in [0.2, 0.25) is 0 Å². The number of halogens is 1. The molecule has 1 aliphatic carbocycles. The van der Waals surface area contributed by atoms with Crippen LogP contribution in [0.5, 0.6) is 5.75 Å². The molecule has 0 aromatic heterocycles. The molecule has 1 aliphatic rings. The molecule has 1 aromatic rings. The molecule has 0 unspecified atom stereocenters. The zero-order valence-electron chi connectivity index (χ0n) is 7.91. The van der Waals surface area contributed by atoms with E-state index in [-0.39, 0.29) is 12.6 Å². The first kappa shape index (κ1) is 9.46. The predicted molar refractivity (Wildman–Crippen MR) is 50.6 cm³/mol. The number of ether oxygens (including phenoxy) is 2. The van der Waals surface area contributed by atoms with Crippen LogP contribution < -0.4 is 4.74 Å². The Balaban J connectivity index is 1.66. The van der Waals surface area contributed by atoms with Crippen LogP contribution in [0, 0.1) is 11.7 Å². The topological polar surface area (TPSA) is 18.5 Å². The van der Waals surface area contributed by atoms with E-state index in [1.807, 2.05) is 0 Å². The molecule has 1 saturated carbocycles. The molecule has 2 nitrogen and oxygen atoms in total. The van der Waals surface area contributed by atoms with Gasteiger partial charge in [0.2, 0.25) is 0 Å². The van der Waals surface area contributed by atoms with Gasteiger partial charge in [-0.2, -0.15) is 0 Å². The average molecular weight is 196 g/mol. The summed E-state index contributed by atoms with van der Waals surface area (Å²) in [4.78, 5) is 0. The Morgan fingerprint density at radius 1 is 1.21 bits per heavy atom. The Morgan fingerprint density at radius 3 is 2.57 bits per heavy atom. The summed E-state index contributed by atoms with van der Waals surface area (Å²) in [6, 6.07) is 5.93. The highest BCUT2D eigenvalue weighted by atomic mass is 19.1. The van der Waals surface area contributed by atoms with Gasteiger partial charge in [-0.15, -0.1) is 0 Å². The maximum absolute atomic E-state index is 12.5. The molecule has 3 heteroatoms. The van der Waals surface area contributed by atoms with Crippen molar-refractivity contribution in [2.45, 2.75) is 12.8 Å². The largest absolute Gasteiger partial charge is 0.468 e. The van der Waals surface area contributed by atoms with Gasteiger partial charge in [-0.05, 0) is 43.0 Å². The Bertz CT molecular complexity index is 280. The van der Waals surface area contributed by atoms with Gasteiger partial charge in [0.05, 0.1) is 6.61 Å². The third-order valence-corrected chi connectivity index (χ3v) is 2.17. The minimum absolute atomic E-state index is 0.252. The van der Waals surface area contributed by atoms with Crippen LogP contribution in [0.4, 0.5) is 4.39 Å².